The Labute approximate surface area is 276 Å². The molecule has 0 saturated carbocycles. The van der Waals surface area contributed by atoms with Gasteiger partial charge in [0.05, 0.1) is 6.42 Å². The van der Waals surface area contributed by atoms with Crippen molar-refractivity contribution in [3.63, 3.8) is 0 Å². The van der Waals surface area contributed by atoms with Gasteiger partial charge in [-0.15, -0.1) is 0 Å². The maximum Gasteiger partial charge on any atom is 0.305 e. The highest BCUT2D eigenvalue weighted by atomic mass is 32.2. The molecule has 1 heterocycles. The predicted octanol–water partition coefficient (Wildman–Crippen LogP) is -0.0458. The maximum absolute atomic E-state index is 13.6. The van der Waals surface area contributed by atoms with Crippen LogP contribution in [0.2, 0.25) is 0 Å². The summed E-state index contributed by atoms with van der Waals surface area (Å²) in [6, 6.07) is 11.2. The highest BCUT2D eigenvalue weighted by molar-refractivity contribution is 7.98. The highest BCUT2D eigenvalue weighted by Gasteiger charge is 2.32. The van der Waals surface area contributed by atoms with Crippen molar-refractivity contribution in [2.24, 2.45) is 11.5 Å². The SMILES string of the molecule is CSCCC(NC(=O)C(Cc1c[nH]c2ccccc12)NC(=O)CCN)C(=O)NC(CC(=O)O)C(=O)NC(Cc1ccccc1)C(N)=O. The summed E-state index contributed by atoms with van der Waals surface area (Å²) < 4.78 is 0. The summed E-state index contributed by atoms with van der Waals surface area (Å²) in [7, 11) is 0. The molecule has 15 heteroatoms. The van der Waals surface area contributed by atoms with E-state index in [-0.39, 0.29) is 32.2 Å². The fourth-order valence-electron chi connectivity index (χ4n) is 4.91. The summed E-state index contributed by atoms with van der Waals surface area (Å²) in [4.78, 5) is 79.8. The van der Waals surface area contributed by atoms with Gasteiger partial charge in [0.2, 0.25) is 29.5 Å². The number of aliphatic carboxylic acids is 1. The number of nitrogens with two attached hydrogens (primary N) is 2. The van der Waals surface area contributed by atoms with Gasteiger partial charge < -0.3 is 42.8 Å². The number of para-hydroxylation sites is 1. The van der Waals surface area contributed by atoms with E-state index in [2.05, 4.69) is 26.3 Å². The molecule has 5 amide bonds. The van der Waals surface area contributed by atoms with Crippen molar-refractivity contribution in [1.82, 2.24) is 26.3 Å². The number of aromatic amines is 1. The first-order valence-electron chi connectivity index (χ1n) is 15.0. The first-order valence-corrected chi connectivity index (χ1v) is 16.4. The zero-order valence-corrected chi connectivity index (χ0v) is 26.8. The van der Waals surface area contributed by atoms with Gasteiger partial charge in [-0.05, 0) is 35.6 Å². The molecule has 2 aromatic carbocycles. The average Bonchev–Trinajstić information content (AvgIpc) is 3.44. The first-order chi connectivity index (χ1) is 22.5. The van der Waals surface area contributed by atoms with Gasteiger partial charge in [-0.2, -0.15) is 11.8 Å². The standard InChI is InChI=1S/C32H41N7O7S/c1-47-14-12-23(37-31(45)25(36-27(40)11-13-33)16-20-18-35-22-10-6-5-9-21(20)22)30(44)39-26(17-28(41)42)32(46)38-24(29(34)43)15-19-7-3-2-4-8-19/h2-10,18,23-26,35H,11-17,33H2,1H3,(H2,34,43)(H,36,40)(H,37,45)(H,38,46)(H,39,44)(H,41,42). The molecular weight excluding hydrogens is 626 g/mol. The van der Waals surface area contributed by atoms with Crippen molar-refractivity contribution >= 4 is 58.2 Å². The molecule has 3 rings (SSSR count). The van der Waals surface area contributed by atoms with Gasteiger partial charge in [0.15, 0.2) is 0 Å². The topological polar surface area (TPSA) is 239 Å². The summed E-state index contributed by atoms with van der Waals surface area (Å²) in [5, 5.41) is 20.6. The second-order valence-corrected chi connectivity index (χ2v) is 11.9. The zero-order chi connectivity index (χ0) is 34.3. The van der Waals surface area contributed by atoms with Crippen LogP contribution in [0.15, 0.2) is 60.8 Å². The molecule has 0 fully saturated rings. The minimum Gasteiger partial charge on any atom is -0.481 e. The number of primary amides is 1. The fraction of sp³-hybridized carbons (Fsp3) is 0.375. The van der Waals surface area contributed by atoms with E-state index >= 15 is 0 Å². The molecule has 0 saturated heterocycles. The lowest BCUT2D eigenvalue weighted by Crippen LogP contribution is -2.59. The van der Waals surface area contributed by atoms with Crippen molar-refractivity contribution in [1.29, 1.82) is 0 Å². The number of H-pyrrole nitrogens is 1. The van der Waals surface area contributed by atoms with Crippen LogP contribution in [0.4, 0.5) is 0 Å². The second-order valence-electron chi connectivity index (χ2n) is 10.9. The third-order valence-corrected chi connectivity index (χ3v) is 7.96. The molecule has 4 atom stereocenters. The van der Waals surface area contributed by atoms with E-state index in [1.807, 2.05) is 24.3 Å². The molecule has 0 bridgehead atoms. The molecule has 14 nitrogen and oxygen atoms in total. The second kappa shape index (κ2) is 18.3. The zero-order valence-electron chi connectivity index (χ0n) is 26.0. The number of carbonyl (C=O) groups excluding carboxylic acids is 5. The summed E-state index contributed by atoms with van der Waals surface area (Å²) in [6.45, 7) is 0.0704. The Balaban J connectivity index is 1.79. The number of hydrogen-bond acceptors (Lipinski definition) is 8. The van der Waals surface area contributed by atoms with Crippen molar-refractivity contribution < 1.29 is 33.9 Å². The lowest BCUT2D eigenvalue weighted by Gasteiger charge is -2.26. The number of amides is 5. The van der Waals surface area contributed by atoms with E-state index in [9.17, 15) is 33.9 Å². The summed E-state index contributed by atoms with van der Waals surface area (Å²) in [5.41, 5.74) is 13.4. The molecule has 0 aliphatic rings. The van der Waals surface area contributed by atoms with Crippen LogP contribution in [0, 0.1) is 0 Å². The number of carboxylic acids is 1. The predicted molar refractivity (Wildman–Crippen MR) is 178 cm³/mol. The Hall–Kier alpha value is -4.89. The van der Waals surface area contributed by atoms with E-state index in [1.54, 1.807) is 42.8 Å². The molecule has 0 aliphatic heterocycles. The van der Waals surface area contributed by atoms with Crippen molar-refractivity contribution in [2.45, 2.75) is 56.3 Å². The summed E-state index contributed by atoms with van der Waals surface area (Å²) in [6.07, 6.45) is 3.02. The van der Waals surface area contributed by atoms with Crippen molar-refractivity contribution in [3.05, 3.63) is 71.9 Å². The molecule has 47 heavy (non-hydrogen) atoms. The summed E-state index contributed by atoms with van der Waals surface area (Å²) >= 11 is 1.41. The Morgan fingerprint density at radius 3 is 2.09 bits per heavy atom. The fourth-order valence-corrected chi connectivity index (χ4v) is 5.38. The first kappa shape index (κ1) is 36.6. The lowest BCUT2D eigenvalue weighted by molar-refractivity contribution is -0.141. The molecule has 1 aromatic heterocycles. The number of aromatic nitrogens is 1. The number of benzene rings is 2. The number of nitrogens with one attached hydrogen (secondary N) is 5. The van der Waals surface area contributed by atoms with Gasteiger partial charge in [-0.1, -0.05) is 48.5 Å². The number of thioether (sulfide) groups is 1. The van der Waals surface area contributed by atoms with Crippen molar-refractivity contribution in [2.75, 3.05) is 18.6 Å². The smallest absolute Gasteiger partial charge is 0.305 e. The third-order valence-electron chi connectivity index (χ3n) is 7.32. The largest absolute Gasteiger partial charge is 0.481 e. The van der Waals surface area contributed by atoms with Crippen LogP contribution in [0.3, 0.4) is 0 Å². The maximum atomic E-state index is 13.6. The minimum atomic E-state index is -1.59. The van der Waals surface area contributed by atoms with Gasteiger partial charge in [-0.25, -0.2) is 0 Å². The van der Waals surface area contributed by atoms with E-state index in [0.717, 1.165) is 16.5 Å². The minimum absolute atomic E-state index is 0.0173. The van der Waals surface area contributed by atoms with Crippen LogP contribution in [0.25, 0.3) is 10.9 Å². The average molecular weight is 668 g/mol. The monoisotopic (exact) mass is 667 g/mol. The molecule has 10 N–H and O–H groups in total. The van der Waals surface area contributed by atoms with Crippen LogP contribution in [-0.4, -0.2) is 88.3 Å². The number of carbonyl (C=O) groups is 6. The summed E-state index contributed by atoms with van der Waals surface area (Å²) in [5.74, 6) is -4.64. The Kier molecular flexibility index (Phi) is 14.2. The van der Waals surface area contributed by atoms with Gasteiger partial charge in [0, 0.05) is 42.9 Å². The van der Waals surface area contributed by atoms with Crippen LogP contribution < -0.4 is 32.7 Å². The van der Waals surface area contributed by atoms with Crippen LogP contribution in [-0.2, 0) is 41.6 Å². The van der Waals surface area contributed by atoms with Gasteiger partial charge in [0.1, 0.15) is 24.2 Å². The van der Waals surface area contributed by atoms with Crippen LogP contribution in [0.1, 0.15) is 30.4 Å². The van der Waals surface area contributed by atoms with E-state index in [1.165, 1.54) is 11.8 Å². The molecule has 4 unspecified atom stereocenters. The van der Waals surface area contributed by atoms with Gasteiger partial charge in [-0.3, -0.25) is 28.8 Å². The Morgan fingerprint density at radius 1 is 0.809 bits per heavy atom. The lowest BCUT2D eigenvalue weighted by atomic mass is 10.0. The molecule has 252 valence electrons. The Bertz CT molecular complexity index is 1550. The van der Waals surface area contributed by atoms with E-state index in [4.69, 9.17) is 11.5 Å². The molecule has 3 aromatic rings. The molecule has 0 aliphatic carbocycles. The quantitative estimate of drug-likeness (QED) is 0.0854. The normalized spacial score (nSPS) is 13.5. The molecule has 0 spiro atoms. The molecule has 0 radical (unpaired) electrons. The van der Waals surface area contributed by atoms with Gasteiger partial charge in [0.25, 0.3) is 0 Å². The van der Waals surface area contributed by atoms with Crippen molar-refractivity contribution in [3.8, 4) is 0 Å². The Morgan fingerprint density at radius 2 is 1.43 bits per heavy atom. The van der Waals surface area contributed by atoms with Crippen LogP contribution in [0.5, 0.6) is 0 Å². The highest BCUT2D eigenvalue weighted by Crippen LogP contribution is 2.19. The number of hydrogen-bond donors (Lipinski definition) is 8. The third kappa shape index (κ3) is 11.4. The molecular formula is C32H41N7O7S. The van der Waals surface area contributed by atoms with E-state index in [0.29, 0.717) is 11.3 Å². The number of fused-ring (bicyclic) bond motifs is 1. The van der Waals surface area contributed by atoms with Gasteiger partial charge >= 0.3 is 5.97 Å². The van der Waals surface area contributed by atoms with E-state index < -0.39 is 66.1 Å². The number of rotatable bonds is 19. The van der Waals surface area contributed by atoms with Crippen LogP contribution >= 0.6 is 11.8 Å². The number of carboxylic acid groups (broad SMARTS) is 1.